The molecule has 1 heterocycles. The Morgan fingerprint density at radius 2 is 1.84 bits per heavy atom. The van der Waals surface area contributed by atoms with E-state index in [1.807, 2.05) is 31.2 Å². The molecule has 1 N–H and O–H groups in total. The highest BCUT2D eigenvalue weighted by Gasteiger charge is 2.32. The summed E-state index contributed by atoms with van der Waals surface area (Å²) >= 11 is 0. The lowest BCUT2D eigenvalue weighted by Gasteiger charge is -2.32. The smallest absolute Gasteiger partial charge is 0.247 e. The maximum absolute atomic E-state index is 13.9. The third-order valence-corrected chi connectivity index (χ3v) is 6.22. The number of nitrogens with zero attached hydrogens (tertiary/aromatic N) is 4. The minimum atomic E-state index is -0.883. The Hall–Kier alpha value is -3.66. The molecule has 0 fully saturated rings. The molecule has 0 aliphatic heterocycles. The summed E-state index contributed by atoms with van der Waals surface area (Å²) in [4.78, 5) is 29.1. The standard InChI is InChI=1S/C28H39N5O5/c1-6-38-17-9-16-32(26(34)19-33-23-11-8-7-10-22(23)30-31-33)27(28(35)29-15-14-20(2)3)21-12-13-24(36-4)25(18-21)37-5/h7-8,10-13,18,20,27H,6,9,14-17,19H2,1-5H3,(H,29,35)/t27-/m1/s1. The van der Waals surface area contributed by atoms with Gasteiger partial charge >= 0.3 is 0 Å². The topological polar surface area (TPSA) is 108 Å². The van der Waals surface area contributed by atoms with Crippen molar-refractivity contribution < 1.29 is 23.8 Å². The molecular formula is C28H39N5O5. The van der Waals surface area contributed by atoms with Crippen LogP contribution in [-0.2, 0) is 20.9 Å². The molecule has 0 spiro atoms. The number of para-hydroxylation sites is 1. The number of methoxy groups -OCH3 is 2. The van der Waals surface area contributed by atoms with Gasteiger partial charge < -0.3 is 24.4 Å². The molecule has 2 aromatic carbocycles. The molecule has 3 rings (SSSR count). The molecule has 1 atom stereocenters. The molecule has 0 radical (unpaired) electrons. The fourth-order valence-electron chi connectivity index (χ4n) is 4.21. The van der Waals surface area contributed by atoms with E-state index < -0.39 is 6.04 Å². The minimum absolute atomic E-state index is 0.0573. The maximum Gasteiger partial charge on any atom is 0.247 e. The minimum Gasteiger partial charge on any atom is -0.493 e. The van der Waals surface area contributed by atoms with Crippen molar-refractivity contribution in [1.29, 1.82) is 0 Å². The number of carbonyl (C=O) groups is 2. The van der Waals surface area contributed by atoms with Crippen LogP contribution < -0.4 is 14.8 Å². The van der Waals surface area contributed by atoms with Gasteiger partial charge in [-0.25, -0.2) is 4.68 Å². The number of hydrogen-bond acceptors (Lipinski definition) is 7. The molecular weight excluding hydrogens is 486 g/mol. The van der Waals surface area contributed by atoms with Gasteiger partial charge in [0.25, 0.3) is 0 Å². The van der Waals surface area contributed by atoms with E-state index in [1.54, 1.807) is 42.0 Å². The van der Waals surface area contributed by atoms with Crippen LogP contribution in [0.15, 0.2) is 42.5 Å². The van der Waals surface area contributed by atoms with Crippen molar-refractivity contribution in [3.63, 3.8) is 0 Å². The number of rotatable bonds is 15. The summed E-state index contributed by atoms with van der Waals surface area (Å²) in [5.41, 5.74) is 2.07. The van der Waals surface area contributed by atoms with Gasteiger partial charge in [-0.05, 0) is 55.5 Å². The first-order chi connectivity index (χ1) is 18.4. The van der Waals surface area contributed by atoms with E-state index in [9.17, 15) is 9.59 Å². The number of aromatic nitrogens is 3. The summed E-state index contributed by atoms with van der Waals surface area (Å²) in [5.74, 6) is 0.939. The first-order valence-electron chi connectivity index (χ1n) is 13.0. The van der Waals surface area contributed by atoms with Crippen molar-refractivity contribution in [2.75, 3.05) is 40.5 Å². The summed E-state index contributed by atoms with van der Waals surface area (Å²) in [5, 5.41) is 11.4. The average Bonchev–Trinajstić information content (AvgIpc) is 3.32. The lowest BCUT2D eigenvalue weighted by atomic mass is 10.0. The molecule has 0 saturated heterocycles. The van der Waals surface area contributed by atoms with Gasteiger partial charge in [0.1, 0.15) is 18.1 Å². The van der Waals surface area contributed by atoms with Gasteiger partial charge in [0.15, 0.2) is 11.5 Å². The number of hydrogen-bond donors (Lipinski definition) is 1. The van der Waals surface area contributed by atoms with Crippen molar-refractivity contribution in [2.45, 2.75) is 46.2 Å². The molecule has 2 amide bonds. The van der Waals surface area contributed by atoms with E-state index in [2.05, 4.69) is 29.5 Å². The Morgan fingerprint density at radius 3 is 2.55 bits per heavy atom. The van der Waals surface area contributed by atoms with E-state index in [0.29, 0.717) is 61.2 Å². The van der Waals surface area contributed by atoms with E-state index in [4.69, 9.17) is 14.2 Å². The number of fused-ring (bicyclic) bond motifs is 1. The van der Waals surface area contributed by atoms with Gasteiger partial charge in [0.05, 0.1) is 19.7 Å². The van der Waals surface area contributed by atoms with Crippen LogP contribution in [0.5, 0.6) is 11.5 Å². The van der Waals surface area contributed by atoms with Crippen LogP contribution in [0.1, 0.15) is 45.2 Å². The number of ether oxygens (including phenoxy) is 3. The van der Waals surface area contributed by atoms with Crippen LogP contribution in [0.4, 0.5) is 0 Å². The highest BCUT2D eigenvalue weighted by molar-refractivity contribution is 5.89. The Balaban J connectivity index is 1.98. The van der Waals surface area contributed by atoms with Crippen LogP contribution in [0.2, 0.25) is 0 Å². The van der Waals surface area contributed by atoms with Gasteiger partial charge in [0, 0.05) is 26.3 Å². The Bertz CT molecular complexity index is 1200. The predicted octanol–water partition coefficient (Wildman–Crippen LogP) is 3.61. The zero-order valence-corrected chi connectivity index (χ0v) is 23.0. The SMILES string of the molecule is CCOCCCN(C(=O)Cn1nnc2ccccc21)[C@@H](C(=O)NCCC(C)C)c1ccc(OC)c(OC)c1. The molecule has 0 aliphatic rings. The van der Waals surface area contributed by atoms with Gasteiger partial charge in [0.2, 0.25) is 11.8 Å². The van der Waals surface area contributed by atoms with Gasteiger partial charge in [-0.15, -0.1) is 5.10 Å². The lowest BCUT2D eigenvalue weighted by Crippen LogP contribution is -2.46. The van der Waals surface area contributed by atoms with Gasteiger partial charge in [-0.1, -0.05) is 37.3 Å². The largest absolute Gasteiger partial charge is 0.493 e. The summed E-state index contributed by atoms with van der Waals surface area (Å²) in [7, 11) is 3.10. The quantitative estimate of drug-likeness (QED) is 0.302. The maximum atomic E-state index is 13.9. The zero-order valence-electron chi connectivity index (χ0n) is 23.0. The van der Waals surface area contributed by atoms with Crippen molar-refractivity contribution in [3.05, 3.63) is 48.0 Å². The first kappa shape index (κ1) is 28.9. The van der Waals surface area contributed by atoms with Crippen LogP contribution in [0.3, 0.4) is 0 Å². The molecule has 0 bridgehead atoms. The third kappa shape index (κ3) is 7.44. The van der Waals surface area contributed by atoms with Crippen molar-refractivity contribution in [2.24, 2.45) is 5.92 Å². The van der Waals surface area contributed by atoms with Crippen LogP contribution in [0.25, 0.3) is 11.0 Å². The van der Waals surface area contributed by atoms with Crippen molar-refractivity contribution in [3.8, 4) is 11.5 Å². The van der Waals surface area contributed by atoms with Crippen molar-refractivity contribution >= 4 is 22.8 Å². The molecule has 10 nitrogen and oxygen atoms in total. The molecule has 3 aromatic rings. The van der Waals surface area contributed by atoms with E-state index >= 15 is 0 Å². The third-order valence-electron chi connectivity index (χ3n) is 6.22. The lowest BCUT2D eigenvalue weighted by molar-refractivity contribution is -0.141. The highest BCUT2D eigenvalue weighted by Crippen LogP contribution is 2.32. The van der Waals surface area contributed by atoms with Gasteiger partial charge in [-0.3, -0.25) is 9.59 Å². The van der Waals surface area contributed by atoms with Crippen LogP contribution in [-0.4, -0.2) is 72.2 Å². The van der Waals surface area contributed by atoms with Crippen LogP contribution in [0, 0.1) is 5.92 Å². The molecule has 0 aliphatic carbocycles. The first-order valence-corrected chi connectivity index (χ1v) is 13.0. The van der Waals surface area contributed by atoms with E-state index in [1.165, 1.54) is 0 Å². The monoisotopic (exact) mass is 525 g/mol. The fourth-order valence-corrected chi connectivity index (χ4v) is 4.21. The second-order valence-corrected chi connectivity index (χ2v) is 9.36. The number of nitrogens with one attached hydrogen (secondary N) is 1. The Labute approximate surface area is 224 Å². The molecule has 38 heavy (non-hydrogen) atoms. The molecule has 0 unspecified atom stereocenters. The van der Waals surface area contributed by atoms with Gasteiger partial charge in [-0.2, -0.15) is 0 Å². The number of amides is 2. The summed E-state index contributed by atoms with van der Waals surface area (Å²) in [6.07, 6.45) is 1.40. The van der Waals surface area contributed by atoms with Crippen molar-refractivity contribution in [1.82, 2.24) is 25.2 Å². The summed E-state index contributed by atoms with van der Waals surface area (Å²) in [6, 6.07) is 11.9. The second kappa shape index (κ2) is 14.3. The van der Waals surface area contributed by atoms with E-state index in [-0.39, 0.29) is 18.4 Å². The second-order valence-electron chi connectivity index (χ2n) is 9.36. The highest BCUT2D eigenvalue weighted by atomic mass is 16.5. The molecule has 206 valence electrons. The summed E-state index contributed by atoms with van der Waals surface area (Å²) in [6.45, 7) is 7.95. The Morgan fingerprint density at radius 1 is 1.08 bits per heavy atom. The fraction of sp³-hybridized carbons (Fsp3) is 0.500. The number of benzene rings is 2. The molecule has 1 aromatic heterocycles. The number of carbonyl (C=O) groups excluding carboxylic acids is 2. The van der Waals surface area contributed by atoms with Crippen LogP contribution >= 0.6 is 0 Å². The zero-order chi connectivity index (χ0) is 27.5. The normalized spacial score (nSPS) is 11.9. The molecule has 0 saturated carbocycles. The predicted molar refractivity (Wildman–Crippen MR) is 145 cm³/mol. The molecule has 10 heteroatoms. The Kier molecular flexibility index (Phi) is 10.9. The average molecular weight is 526 g/mol. The van der Waals surface area contributed by atoms with E-state index in [0.717, 1.165) is 11.9 Å². The summed E-state index contributed by atoms with van der Waals surface area (Å²) < 4.78 is 18.0.